The molecule has 0 atom stereocenters. The summed E-state index contributed by atoms with van der Waals surface area (Å²) < 4.78 is 11.3. The number of fused-ring (bicyclic) bond motifs is 1. The van der Waals surface area contributed by atoms with Gasteiger partial charge in [-0.25, -0.2) is 0 Å². The van der Waals surface area contributed by atoms with Gasteiger partial charge in [-0.3, -0.25) is 4.57 Å². The summed E-state index contributed by atoms with van der Waals surface area (Å²) in [6.45, 7) is 11.4. The van der Waals surface area contributed by atoms with Crippen LogP contribution < -0.4 is 5.30 Å². The first-order chi connectivity index (χ1) is 12.4. The zero-order chi connectivity index (χ0) is 20.0. The molecule has 1 aliphatic rings. The molecule has 0 bridgehead atoms. The first-order valence-corrected chi connectivity index (χ1v) is 11.0. The van der Waals surface area contributed by atoms with E-state index in [0.29, 0.717) is 0 Å². The second kappa shape index (κ2) is 6.74. The van der Waals surface area contributed by atoms with Crippen LogP contribution in [0.2, 0.25) is 0 Å². The number of hydrogen-bond donors (Lipinski definition) is 2. The quantitative estimate of drug-likeness (QED) is 0.550. The van der Waals surface area contributed by atoms with Gasteiger partial charge in [0.2, 0.25) is 0 Å². The zero-order valence-electron chi connectivity index (χ0n) is 16.8. The Kier molecular flexibility index (Phi) is 5.01. The fraction of sp³-hybridized carbons (Fsp3) is 0.391. The van der Waals surface area contributed by atoms with E-state index >= 15 is 0 Å². The molecule has 0 saturated heterocycles. The SMILES string of the molecule is C/C(=C\c1ccc(P(=O)(O)O)cc1)c1ccc2c(c1)C(C)(C)CCC2(C)C. The van der Waals surface area contributed by atoms with Crippen LogP contribution in [0.4, 0.5) is 0 Å². The Bertz CT molecular complexity index is 931. The molecule has 1 aliphatic carbocycles. The van der Waals surface area contributed by atoms with Gasteiger partial charge in [-0.2, -0.15) is 0 Å². The molecule has 0 fully saturated rings. The highest BCUT2D eigenvalue weighted by Crippen LogP contribution is 2.46. The third-order valence-corrected chi connectivity index (χ3v) is 6.89. The van der Waals surface area contributed by atoms with Crippen molar-refractivity contribution in [1.29, 1.82) is 0 Å². The van der Waals surface area contributed by atoms with E-state index in [2.05, 4.69) is 58.9 Å². The lowest BCUT2D eigenvalue weighted by Gasteiger charge is -2.42. The summed E-state index contributed by atoms with van der Waals surface area (Å²) in [7, 11) is -4.19. The van der Waals surface area contributed by atoms with E-state index in [0.717, 1.165) is 11.1 Å². The highest BCUT2D eigenvalue weighted by Gasteiger charge is 2.36. The van der Waals surface area contributed by atoms with Gasteiger partial charge in [-0.1, -0.05) is 64.1 Å². The van der Waals surface area contributed by atoms with Crippen molar-refractivity contribution in [2.45, 2.75) is 58.3 Å². The molecule has 0 aromatic heterocycles. The van der Waals surface area contributed by atoms with Crippen LogP contribution in [-0.4, -0.2) is 9.79 Å². The standard InChI is InChI=1S/C23H29O3P/c1-16(14-17-6-9-19(10-7-17)27(24,25)26)18-8-11-20-21(15-18)23(4,5)13-12-22(20,2)3/h6-11,14-15H,12-13H2,1-5H3,(H2,24,25,26)/b16-14+. The largest absolute Gasteiger partial charge is 0.356 e. The first kappa shape index (κ1) is 20.1. The Morgan fingerprint density at radius 2 is 1.48 bits per heavy atom. The van der Waals surface area contributed by atoms with Gasteiger partial charge >= 0.3 is 7.60 Å². The summed E-state index contributed by atoms with van der Waals surface area (Å²) in [5.41, 5.74) is 6.52. The first-order valence-electron chi connectivity index (χ1n) is 9.40. The second-order valence-corrected chi connectivity index (χ2v) is 10.6. The Balaban J connectivity index is 1.97. The number of benzene rings is 2. The molecule has 0 unspecified atom stereocenters. The van der Waals surface area contributed by atoms with Crippen molar-refractivity contribution < 1.29 is 14.4 Å². The minimum absolute atomic E-state index is 0.0510. The van der Waals surface area contributed by atoms with E-state index in [9.17, 15) is 14.4 Å². The molecule has 0 aliphatic heterocycles. The minimum Gasteiger partial charge on any atom is -0.321 e. The van der Waals surface area contributed by atoms with Crippen molar-refractivity contribution in [3.8, 4) is 0 Å². The molecule has 0 saturated carbocycles. The molecule has 2 aromatic rings. The van der Waals surface area contributed by atoms with Crippen molar-refractivity contribution in [2.24, 2.45) is 0 Å². The summed E-state index contributed by atoms with van der Waals surface area (Å²) in [5, 5.41) is 0.0510. The van der Waals surface area contributed by atoms with Gasteiger partial charge in [0.1, 0.15) is 0 Å². The lowest BCUT2D eigenvalue weighted by atomic mass is 9.63. The molecule has 0 radical (unpaired) electrons. The molecule has 3 nitrogen and oxygen atoms in total. The fourth-order valence-corrected chi connectivity index (χ4v) is 4.47. The molecule has 0 amide bonds. The Morgan fingerprint density at radius 3 is 2.04 bits per heavy atom. The zero-order valence-corrected chi connectivity index (χ0v) is 17.7. The molecule has 144 valence electrons. The molecule has 4 heteroatoms. The van der Waals surface area contributed by atoms with Crippen molar-refractivity contribution in [1.82, 2.24) is 0 Å². The third-order valence-electron chi connectivity index (χ3n) is 5.92. The predicted octanol–water partition coefficient (Wildman–Crippen LogP) is 5.40. The van der Waals surface area contributed by atoms with Crippen LogP contribution in [-0.2, 0) is 15.4 Å². The van der Waals surface area contributed by atoms with Crippen molar-refractivity contribution in [3.05, 3.63) is 64.7 Å². The summed E-state index contributed by atoms with van der Waals surface area (Å²) >= 11 is 0. The van der Waals surface area contributed by atoms with Gasteiger partial charge in [-0.15, -0.1) is 0 Å². The van der Waals surface area contributed by atoms with Gasteiger partial charge in [0.25, 0.3) is 0 Å². The van der Waals surface area contributed by atoms with Crippen LogP contribution in [0.5, 0.6) is 0 Å². The Hall–Kier alpha value is -1.67. The summed E-state index contributed by atoms with van der Waals surface area (Å²) in [6, 6.07) is 13.3. The van der Waals surface area contributed by atoms with Crippen molar-refractivity contribution in [3.63, 3.8) is 0 Å². The average Bonchev–Trinajstić information content (AvgIpc) is 2.58. The monoisotopic (exact) mass is 384 g/mol. The van der Waals surface area contributed by atoms with E-state index < -0.39 is 7.60 Å². The van der Waals surface area contributed by atoms with Gasteiger partial charge in [0, 0.05) is 0 Å². The molecular formula is C23H29O3P. The van der Waals surface area contributed by atoms with Gasteiger partial charge in [-0.05, 0) is 70.6 Å². The summed E-state index contributed by atoms with van der Waals surface area (Å²) in [6.07, 6.45) is 4.45. The number of rotatable bonds is 3. The Labute approximate surface area is 162 Å². The van der Waals surface area contributed by atoms with Crippen LogP contribution in [0.1, 0.15) is 69.7 Å². The molecule has 2 N–H and O–H groups in total. The topological polar surface area (TPSA) is 57.5 Å². The Morgan fingerprint density at radius 1 is 0.926 bits per heavy atom. The molecule has 27 heavy (non-hydrogen) atoms. The average molecular weight is 384 g/mol. The molecular weight excluding hydrogens is 355 g/mol. The molecule has 0 spiro atoms. The summed E-state index contributed by atoms with van der Waals surface area (Å²) in [5.74, 6) is 0. The minimum atomic E-state index is -4.19. The second-order valence-electron chi connectivity index (χ2n) is 8.99. The van der Waals surface area contributed by atoms with Gasteiger partial charge in [0.05, 0.1) is 5.30 Å². The molecule has 0 heterocycles. The maximum Gasteiger partial charge on any atom is 0.356 e. The van der Waals surface area contributed by atoms with Gasteiger partial charge < -0.3 is 9.79 Å². The van der Waals surface area contributed by atoms with E-state index in [1.54, 1.807) is 12.1 Å². The van der Waals surface area contributed by atoms with Gasteiger partial charge in [0.15, 0.2) is 0 Å². The van der Waals surface area contributed by atoms with E-state index in [1.165, 1.54) is 41.7 Å². The van der Waals surface area contributed by atoms with Crippen LogP contribution in [0, 0.1) is 0 Å². The van der Waals surface area contributed by atoms with E-state index in [1.807, 2.05) is 0 Å². The lowest BCUT2D eigenvalue weighted by Crippen LogP contribution is -2.33. The molecule has 2 aromatic carbocycles. The van der Waals surface area contributed by atoms with Crippen LogP contribution in [0.3, 0.4) is 0 Å². The number of hydrogen-bond acceptors (Lipinski definition) is 1. The maximum absolute atomic E-state index is 11.3. The van der Waals surface area contributed by atoms with Crippen LogP contribution in [0.15, 0.2) is 42.5 Å². The van der Waals surface area contributed by atoms with Crippen molar-refractivity contribution in [2.75, 3.05) is 0 Å². The van der Waals surface area contributed by atoms with Crippen LogP contribution >= 0.6 is 7.60 Å². The smallest absolute Gasteiger partial charge is 0.321 e. The summed E-state index contributed by atoms with van der Waals surface area (Å²) in [4.78, 5) is 18.5. The third kappa shape index (κ3) is 4.11. The highest BCUT2D eigenvalue weighted by atomic mass is 31.2. The highest BCUT2D eigenvalue weighted by molar-refractivity contribution is 7.60. The van der Waals surface area contributed by atoms with E-state index in [-0.39, 0.29) is 16.1 Å². The predicted molar refractivity (Wildman–Crippen MR) is 113 cm³/mol. The van der Waals surface area contributed by atoms with Crippen LogP contribution in [0.25, 0.3) is 11.6 Å². The maximum atomic E-state index is 11.3. The van der Waals surface area contributed by atoms with E-state index in [4.69, 9.17) is 0 Å². The number of allylic oxidation sites excluding steroid dienone is 1. The molecule has 3 rings (SSSR count). The normalized spacial score (nSPS) is 18.9. The lowest BCUT2D eigenvalue weighted by molar-refractivity contribution is 0.332. The fourth-order valence-electron chi connectivity index (χ4n) is 3.93. The van der Waals surface area contributed by atoms with Crippen molar-refractivity contribution >= 4 is 24.5 Å².